The summed E-state index contributed by atoms with van der Waals surface area (Å²) in [6.45, 7) is 3.66. The van der Waals surface area contributed by atoms with Gasteiger partial charge in [-0.3, -0.25) is 9.69 Å². The molecular weight excluding hydrogens is 274 g/mol. The van der Waals surface area contributed by atoms with Gasteiger partial charge in [-0.1, -0.05) is 13.3 Å². The molecule has 0 aliphatic heterocycles. The van der Waals surface area contributed by atoms with Crippen LogP contribution in [0.5, 0.6) is 0 Å². The molecule has 2 nitrogen and oxygen atoms in total. The number of carbonyl (C=O) groups excluding carboxylic acids is 1. The van der Waals surface area contributed by atoms with E-state index >= 15 is 0 Å². The van der Waals surface area contributed by atoms with Gasteiger partial charge in [-0.15, -0.1) is 11.3 Å². The second kappa shape index (κ2) is 6.40. The minimum atomic E-state index is 0.204. The van der Waals surface area contributed by atoms with E-state index in [1.807, 2.05) is 18.5 Å². The maximum Gasteiger partial charge on any atom is 0.187 e. The van der Waals surface area contributed by atoms with Crippen molar-refractivity contribution in [1.29, 1.82) is 0 Å². The monoisotopic (exact) mass is 289 g/mol. The van der Waals surface area contributed by atoms with Crippen molar-refractivity contribution in [1.82, 2.24) is 4.90 Å². The highest BCUT2D eigenvalue weighted by atomic mass is 79.9. The molecule has 4 heteroatoms. The molecule has 0 spiro atoms. The van der Waals surface area contributed by atoms with E-state index in [2.05, 4.69) is 27.8 Å². The Morgan fingerprint density at radius 2 is 2.33 bits per heavy atom. The lowest BCUT2D eigenvalue weighted by molar-refractivity contribution is 0.0949. The second-order valence-corrected chi connectivity index (χ2v) is 5.38. The van der Waals surface area contributed by atoms with E-state index in [0.717, 1.165) is 22.3 Å². The molecule has 0 bridgehead atoms. The second-order valence-electron chi connectivity index (χ2n) is 3.61. The van der Waals surface area contributed by atoms with Gasteiger partial charge in [0.15, 0.2) is 5.78 Å². The molecule has 0 saturated carbocycles. The van der Waals surface area contributed by atoms with Crippen LogP contribution in [0.4, 0.5) is 0 Å². The molecule has 1 aromatic heterocycles. The fraction of sp³-hybridized carbons (Fsp3) is 0.545. The number of halogens is 1. The van der Waals surface area contributed by atoms with Crippen molar-refractivity contribution in [2.45, 2.75) is 19.8 Å². The van der Waals surface area contributed by atoms with Gasteiger partial charge in [0.1, 0.15) is 0 Å². The van der Waals surface area contributed by atoms with Gasteiger partial charge in [-0.05, 0) is 47.4 Å². The number of likely N-dealkylation sites (N-methyl/N-ethyl adjacent to an activating group) is 1. The lowest BCUT2D eigenvalue weighted by Gasteiger charge is -2.14. The SMILES string of the molecule is CCCCN(C)CC(=O)c1sccc1Br. The van der Waals surface area contributed by atoms with Crippen molar-refractivity contribution in [2.75, 3.05) is 20.1 Å². The van der Waals surface area contributed by atoms with Crippen LogP contribution < -0.4 is 0 Å². The topological polar surface area (TPSA) is 20.3 Å². The molecule has 0 unspecified atom stereocenters. The summed E-state index contributed by atoms with van der Waals surface area (Å²) in [5.74, 6) is 0.204. The molecular formula is C11H16BrNOS. The fourth-order valence-corrected chi connectivity index (χ4v) is 2.84. The summed E-state index contributed by atoms with van der Waals surface area (Å²) in [4.78, 5) is 14.8. The summed E-state index contributed by atoms with van der Waals surface area (Å²) in [6.07, 6.45) is 2.32. The number of thiophene rings is 1. The highest BCUT2D eigenvalue weighted by Crippen LogP contribution is 2.23. The first-order valence-electron chi connectivity index (χ1n) is 5.10. The van der Waals surface area contributed by atoms with Crippen LogP contribution >= 0.6 is 27.3 Å². The zero-order chi connectivity index (χ0) is 11.3. The molecule has 84 valence electrons. The molecule has 0 aliphatic carbocycles. The largest absolute Gasteiger partial charge is 0.299 e. The Morgan fingerprint density at radius 3 is 2.87 bits per heavy atom. The van der Waals surface area contributed by atoms with Crippen LogP contribution in [0.25, 0.3) is 0 Å². The molecule has 0 aromatic carbocycles. The quantitative estimate of drug-likeness (QED) is 0.748. The van der Waals surface area contributed by atoms with Crippen molar-refractivity contribution in [3.63, 3.8) is 0 Å². The van der Waals surface area contributed by atoms with Crippen LogP contribution in [0, 0.1) is 0 Å². The molecule has 1 rings (SSSR count). The van der Waals surface area contributed by atoms with Crippen molar-refractivity contribution in [3.8, 4) is 0 Å². The average Bonchev–Trinajstić information content (AvgIpc) is 2.61. The van der Waals surface area contributed by atoms with Crippen LogP contribution in [-0.2, 0) is 0 Å². The number of nitrogens with zero attached hydrogens (tertiary/aromatic N) is 1. The normalized spacial score (nSPS) is 10.9. The molecule has 0 fully saturated rings. The maximum absolute atomic E-state index is 11.8. The number of hydrogen-bond acceptors (Lipinski definition) is 3. The summed E-state index contributed by atoms with van der Waals surface area (Å²) < 4.78 is 0.918. The van der Waals surface area contributed by atoms with Crippen molar-refractivity contribution >= 4 is 33.0 Å². The number of rotatable bonds is 6. The summed E-state index contributed by atoms with van der Waals surface area (Å²) in [7, 11) is 2.00. The first kappa shape index (κ1) is 12.9. The maximum atomic E-state index is 11.8. The number of ketones is 1. The van der Waals surface area contributed by atoms with Crippen LogP contribution in [0.3, 0.4) is 0 Å². The number of carbonyl (C=O) groups is 1. The Hall–Kier alpha value is -0.190. The average molecular weight is 290 g/mol. The van der Waals surface area contributed by atoms with Crippen molar-refractivity contribution < 1.29 is 4.79 Å². The van der Waals surface area contributed by atoms with E-state index < -0.39 is 0 Å². The Kier molecular flexibility index (Phi) is 5.50. The predicted molar refractivity (Wildman–Crippen MR) is 68.8 cm³/mol. The highest BCUT2D eigenvalue weighted by Gasteiger charge is 2.13. The number of unbranched alkanes of at least 4 members (excludes halogenated alkanes) is 1. The Balaban J connectivity index is 2.46. The minimum Gasteiger partial charge on any atom is -0.299 e. The van der Waals surface area contributed by atoms with Gasteiger partial charge >= 0.3 is 0 Å². The van der Waals surface area contributed by atoms with Gasteiger partial charge in [0.05, 0.1) is 11.4 Å². The van der Waals surface area contributed by atoms with Gasteiger partial charge in [-0.2, -0.15) is 0 Å². The van der Waals surface area contributed by atoms with E-state index in [1.54, 1.807) is 0 Å². The van der Waals surface area contributed by atoms with Crippen molar-refractivity contribution in [2.24, 2.45) is 0 Å². The summed E-state index contributed by atoms with van der Waals surface area (Å²) in [5, 5.41) is 1.93. The first-order valence-corrected chi connectivity index (χ1v) is 6.77. The molecule has 0 aliphatic rings. The van der Waals surface area contributed by atoms with Gasteiger partial charge in [0.2, 0.25) is 0 Å². The van der Waals surface area contributed by atoms with Crippen molar-refractivity contribution in [3.05, 3.63) is 20.8 Å². The van der Waals surface area contributed by atoms with Crippen LogP contribution in [0.2, 0.25) is 0 Å². The van der Waals surface area contributed by atoms with E-state index in [1.165, 1.54) is 17.8 Å². The smallest absolute Gasteiger partial charge is 0.187 e. The third kappa shape index (κ3) is 4.05. The van der Waals surface area contributed by atoms with E-state index in [0.29, 0.717) is 6.54 Å². The van der Waals surface area contributed by atoms with E-state index in [9.17, 15) is 4.79 Å². The van der Waals surface area contributed by atoms with Gasteiger partial charge in [-0.25, -0.2) is 0 Å². The standard InChI is InChI=1S/C11H16BrNOS/c1-3-4-6-13(2)8-10(14)11-9(12)5-7-15-11/h5,7H,3-4,6,8H2,1-2H3. The third-order valence-corrected chi connectivity index (χ3v) is 4.06. The highest BCUT2D eigenvalue weighted by molar-refractivity contribution is 9.10. The van der Waals surface area contributed by atoms with E-state index in [4.69, 9.17) is 0 Å². The van der Waals surface area contributed by atoms with Gasteiger partial charge in [0, 0.05) is 4.47 Å². The van der Waals surface area contributed by atoms with Crippen LogP contribution in [0.1, 0.15) is 29.4 Å². The summed E-state index contributed by atoms with van der Waals surface area (Å²) in [5.41, 5.74) is 0. The lowest BCUT2D eigenvalue weighted by atomic mass is 10.3. The van der Waals surface area contributed by atoms with Crippen LogP contribution in [0.15, 0.2) is 15.9 Å². The summed E-state index contributed by atoms with van der Waals surface area (Å²) >= 11 is 4.88. The lowest BCUT2D eigenvalue weighted by Crippen LogP contribution is -2.26. The molecule has 15 heavy (non-hydrogen) atoms. The van der Waals surface area contributed by atoms with Gasteiger partial charge < -0.3 is 0 Å². The van der Waals surface area contributed by atoms with Crippen LogP contribution in [-0.4, -0.2) is 30.8 Å². The molecule has 1 heterocycles. The molecule has 0 amide bonds. The molecule has 0 atom stereocenters. The van der Waals surface area contributed by atoms with Gasteiger partial charge in [0.25, 0.3) is 0 Å². The first-order chi connectivity index (χ1) is 7.15. The predicted octanol–water partition coefficient (Wildman–Crippen LogP) is 3.43. The number of Topliss-reactive ketones (excluding diaryl/α,β-unsaturated/α-hetero) is 1. The summed E-state index contributed by atoms with van der Waals surface area (Å²) in [6, 6.07) is 1.92. The Morgan fingerprint density at radius 1 is 1.60 bits per heavy atom. The molecule has 0 N–H and O–H groups in total. The molecule has 0 saturated heterocycles. The zero-order valence-corrected chi connectivity index (χ0v) is 11.5. The molecule has 1 aromatic rings. The van der Waals surface area contributed by atoms with E-state index in [-0.39, 0.29) is 5.78 Å². The Bertz CT molecular complexity index is 324. The molecule has 0 radical (unpaired) electrons. The Labute approximate surface area is 103 Å². The number of hydrogen-bond donors (Lipinski definition) is 0. The fourth-order valence-electron chi connectivity index (χ4n) is 1.32. The zero-order valence-electron chi connectivity index (χ0n) is 9.12. The minimum absolute atomic E-state index is 0.204. The third-order valence-electron chi connectivity index (χ3n) is 2.18.